The third-order valence-corrected chi connectivity index (χ3v) is 6.62. The number of hydrogen-bond donors (Lipinski definition) is 1. The van der Waals surface area contributed by atoms with E-state index in [1.54, 1.807) is 11.8 Å². The van der Waals surface area contributed by atoms with Crippen molar-refractivity contribution in [3.8, 4) is 0 Å². The van der Waals surface area contributed by atoms with Gasteiger partial charge < -0.3 is 9.67 Å². The van der Waals surface area contributed by atoms with E-state index in [9.17, 15) is 0 Å². The molecule has 0 spiro atoms. The van der Waals surface area contributed by atoms with Crippen LogP contribution in [0.2, 0.25) is 19.6 Å². The van der Waals surface area contributed by atoms with E-state index in [0.717, 1.165) is 23.5 Å². The van der Waals surface area contributed by atoms with Crippen LogP contribution in [0.1, 0.15) is 19.2 Å². The fraction of sp³-hybridized carbons (Fsp3) is 0.800. The van der Waals surface area contributed by atoms with Crippen LogP contribution in [0, 0.1) is 0 Å². The van der Waals surface area contributed by atoms with Gasteiger partial charge in [0.05, 0.1) is 8.07 Å². The van der Waals surface area contributed by atoms with Gasteiger partial charge in [0.1, 0.15) is 6.61 Å². The van der Waals surface area contributed by atoms with E-state index in [1.807, 2.05) is 4.57 Å². The van der Waals surface area contributed by atoms with Gasteiger partial charge in [-0.15, -0.1) is 10.2 Å². The smallest absolute Gasteiger partial charge is 0.190 e. The predicted molar refractivity (Wildman–Crippen MR) is 70.3 cm³/mol. The number of nitrogens with zero attached hydrogens (tertiary/aromatic N) is 3. The van der Waals surface area contributed by atoms with Crippen molar-refractivity contribution in [3.05, 3.63) is 5.82 Å². The van der Waals surface area contributed by atoms with Gasteiger partial charge in [0, 0.05) is 6.54 Å². The number of thioether (sulfide) groups is 1. The van der Waals surface area contributed by atoms with Crippen LogP contribution in [-0.4, -0.2) is 33.3 Å². The van der Waals surface area contributed by atoms with E-state index in [1.165, 1.54) is 0 Å². The van der Waals surface area contributed by atoms with Crippen molar-refractivity contribution < 1.29 is 5.11 Å². The molecule has 6 heteroatoms. The summed E-state index contributed by atoms with van der Waals surface area (Å²) in [6.45, 7) is 10.00. The van der Waals surface area contributed by atoms with Gasteiger partial charge in [0.2, 0.25) is 0 Å². The maximum Gasteiger partial charge on any atom is 0.190 e. The van der Waals surface area contributed by atoms with Gasteiger partial charge in [-0.1, -0.05) is 38.3 Å². The van der Waals surface area contributed by atoms with Crippen molar-refractivity contribution in [2.75, 3.05) is 5.38 Å². The van der Waals surface area contributed by atoms with Gasteiger partial charge in [-0.05, 0) is 11.8 Å². The molecule has 1 rings (SSSR count). The first-order chi connectivity index (χ1) is 7.48. The second-order valence-electron chi connectivity index (χ2n) is 5.06. The Hall–Kier alpha value is -0.333. The first-order valence-electron chi connectivity index (χ1n) is 5.63. The lowest BCUT2D eigenvalue weighted by molar-refractivity contribution is 0.263. The SMILES string of the molecule is CCCn1c(CO)nnc1SC[Si](C)(C)C. The van der Waals surface area contributed by atoms with Crippen LogP contribution >= 0.6 is 11.8 Å². The van der Waals surface area contributed by atoms with E-state index in [2.05, 4.69) is 36.8 Å². The summed E-state index contributed by atoms with van der Waals surface area (Å²) in [5, 5.41) is 19.4. The van der Waals surface area contributed by atoms with Crippen molar-refractivity contribution in [2.45, 2.75) is 51.3 Å². The summed E-state index contributed by atoms with van der Waals surface area (Å²) in [5.74, 6) is 0.680. The van der Waals surface area contributed by atoms with Gasteiger partial charge in [-0.3, -0.25) is 0 Å². The van der Waals surface area contributed by atoms with Crippen LogP contribution in [0.4, 0.5) is 0 Å². The molecule has 92 valence electrons. The van der Waals surface area contributed by atoms with Crippen LogP contribution in [-0.2, 0) is 13.2 Å². The summed E-state index contributed by atoms with van der Waals surface area (Å²) < 4.78 is 2.03. The van der Waals surface area contributed by atoms with Gasteiger partial charge in [-0.25, -0.2) is 0 Å². The maximum atomic E-state index is 9.16. The molecule has 1 heterocycles. The molecular formula is C10H21N3OSSi. The molecule has 0 saturated heterocycles. The molecule has 0 atom stereocenters. The molecule has 0 amide bonds. The molecule has 0 aliphatic rings. The van der Waals surface area contributed by atoms with Gasteiger partial charge in [-0.2, -0.15) is 0 Å². The Kier molecular flexibility index (Phi) is 5.01. The topological polar surface area (TPSA) is 50.9 Å². The number of aromatic nitrogens is 3. The Labute approximate surface area is 102 Å². The Morgan fingerprint density at radius 1 is 1.31 bits per heavy atom. The van der Waals surface area contributed by atoms with Crippen LogP contribution in [0.3, 0.4) is 0 Å². The fourth-order valence-corrected chi connectivity index (χ4v) is 3.97. The monoisotopic (exact) mass is 259 g/mol. The molecule has 0 aromatic carbocycles. The maximum absolute atomic E-state index is 9.16. The molecule has 0 radical (unpaired) electrons. The van der Waals surface area contributed by atoms with Gasteiger partial charge >= 0.3 is 0 Å². The summed E-state index contributed by atoms with van der Waals surface area (Å²) in [6, 6.07) is 0. The summed E-state index contributed by atoms with van der Waals surface area (Å²) in [6.07, 6.45) is 1.03. The van der Waals surface area contributed by atoms with E-state index in [0.29, 0.717) is 5.82 Å². The number of rotatable bonds is 6. The second kappa shape index (κ2) is 5.84. The predicted octanol–water partition coefficient (Wildman–Crippen LogP) is 2.15. The molecule has 1 aromatic heterocycles. The summed E-state index contributed by atoms with van der Waals surface area (Å²) in [4.78, 5) is 0. The van der Waals surface area contributed by atoms with Crippen molar-refractivity contribution in [1.82, 2.24) is 14.8 Å². The Bertz CT molecular complexity index is 335. The number of hydrogen-bond acceptors (Lipinski definition) is 4. The molecule has 16 heavy (non-hydrogen) atoms. The molecule has 0 aliphatic heterocycles. The van der Waals surface area contributed by atoms with Crippen molar-refractivity contribution in [2.24, 2.45) is 0 Å². The lowest BCUT2D eigenvalue weighted by Crippen LogP contribution is -2.24. The molecule has 0 unspecified atom stereocenters. The highest BCUT2D eigenvalue weighted by atomic mass is 32.2. The minimum absolute atomic E-state index is 0.0273. The first-order valence-corrected chi connectivity index (χ1v) is 10.3. The average molecular weight is 259 g/mol. The molecular weight excluding hydrogens is 238 g/mol. The first kappa shape index (κ1) is 13.7. The van der Waals surface area contributed by atoms with E-state index in [4.69, 9.17) is 5.11 Å². The Morgan fingerprint density at radius 3 is 2.50 bits per heavy atom. The summed E-state index contributed by atoms with van der Waals surface area (Å²) >= 11 is 1.77. The van der Waals surface area contributed by atoms with Gasteiger partial charge in [0.15, 0.2) is 11.0 Å². The Balaban J connectivity index is 2.75. The zero-order valence-electron chi connectivity index (χ0n) is 10.5. The van der Waals surface area contributed by atoms with E-state index in [-0.39, 0.29) is 6.61 Å². The minimum Gasteiger partial charge on any atom is -0.388 e. The molecule has 1 N–H and O–H groups in total. The highest BCUT2D eigenvalue weighted by molar-refractivity contribution is 8.00. The fourth-order valence-electron chi connectivity index (χ4n) is 1.27. The normalized spacial score (nSPS) is 12.1. The van der Waals surface area contributed by atoms with Crippen LogP contribution in [0.5, 0.6) is 0 Å². The molecule has 0 saturated carbocycles. The summed E-state index contributed by atoms with van der Waals surface area (Å²) in [5.41, 5.74) is 0. The number of aliphatic hydroxyl groups excluding tert-OH is 1. The lowest BCUT2D eigenvalue weighted by atomic mass is 10.4. The quantitative estimate of drug-likeness (QED) is 0.628. The van der Waals surface area contributed by atoms with E-state index < -0.39 is 8.07 Å². The molecule has 0 bridgehead atoms. The molecule has 4 nitrogen and oxygen atoms in total. The summed E-state index contributed by atoms with van der Waals surface area (Å²) in [7, 11) is -1.07. The van der Waals surface area contributed by atoms with Crippen LogP contribution < -0.4 is 0 Å². The van der Waals surface area contributed by atoms with Crippen LogP contribution in [0.15, 0.2) is 5.16 Å². The molecule has 0 aliphatic carbocycles. The largest absolute Gasteiger partial charge is 0.388 e. The highest BCUT2D eigenvalue weighted by Gasteiger charge is 2.17. The average Bonchev–Trinajstić information content (AvgIpc) is 2.57. The van der Waals surface area contributed by atoms with E-state index >= 15 is 0 Å². The van der Waals surface area contributed by atoms with Crippen molar-refractivity contribution in [1.29, 1.82) is 0 Å². The third kappa shape index (κ3) is 3.91. The molecule has 0 fully saturated rings. The second-order valence-corrected chi connectivity index (χ2v) is 12.0. The Morgan fingerprint density at radius 2 is 2.00 bits per heavy atom. The zero-order chi connectivity index (χ0) is 12.2. The lowest BCUT2D eigenvalue weighted by Gasteiger charge is -2.15. The standard InChI is InChI=1S/C10H21N3OSSi/c1-5-6-13-9(7-14)11-12-10(13)15-8-16(2,3)4/h14H,5-8H2,1-4H3. The number of aliphatic hydroxyl groups is 1. The minimum atomic E-state index is -1.07. The molecule has 1 aromatic rings. The zero-order valence-corrected chi connectivity index (χ0v) is 12.3. The van der Waals surface area contributed by atoms with Crippen molar-refractivity contribution in [3.63, 3.8) is 0 Å². The highest BCUT2D eigenvalue weighted by Crippen LogP contribution is 2.21. The third-order valence-electron chi connectivity index (χ3n) is 2.02. The van der Waals surface area contributed by atoms with Crippen molar-refractivity contribution >= 4 is 19.8 Å². The van der Waals surface area contributed by atoms with Gasteiger partial charge in [0.25, 0.3) is 0 Å². The van der Waals surface area contributed by atoms with Crippen LogP contribution in [0.25, 0.3) is 0 Å².